The molecule has 6 heteroatoms. The molecule has 1 unspecified atom stereocenters. The quantitative estimate of drug-likeness (QED) is 0.798. The van der Waals surface area contributed by atoms with Crippen molar-refractivity contribution in [2.45, 2.75) is 39.2 Å². The SMILES string of the molecule is CCc1nccn1C1CCCN(C(=O)c2cc(C)cc3cn[nH]c23)C1. The van der Waals surface area contributed by atoms with E-state index >= 15 is 0 Å². The van der Waals surface area contributed by atoms with Crippen LogP contribution in [-0.4, -0.2) is 43.6 Å². The Hall–Kier alpha value is -2.63. The molecule has 130 valence electrons. The van der Waals surface area contributed by atoms with Gasteiger partial charge in [-0.05, 0) is 37.5 Å². The number of nitrogens with zero attached hydrogens (tertiary/aromatic N) is 4. The number of hydrogen-bond acceptors (Lipinski definition) is 3. The highest BCUT2D eigenvalue weighted by Crippen LogP contribution is 2.26. The zero-order valence-corrected chi connectivity index (χ0v) is 14.7. The average Bonchev–Trinajstić information content (AvgIpc) is 3.29. The van der Waals surface area contributed by atoms with Gasteiger partial charge >= 0.3 is 0 Å². The van der Waals surface area contributed by atoms with Gasteiger partial charge in [-0.25, -0.2) is 4.98 Å². The molecule has 1 amide bonds. The maximum atomic E-state index is 13.2. The lowest BCUT2D eigenvalue weighted by atomic mass is 10.0. The number of carbonyl (C=O) groups excluding carboxylic acids is 1. The molecule has 1 saturated heterocycles. The highest BCUT2D eigenvalue weighted by Gasteiger charge is 2.27. The van der Waals surface area contributed by atoms with Gasteiger partial charge in [0.25, 0.3) is 5.91 Å². The van der Waals surface area contributed by atoms with Crippen molar-refractivity contribution in [1.29, 1.82) is 0 Å². The van der Waals surface area contributed by atoms with Crippen molar-refractivity contribution in [2.24, 2.45) is 0 Å². The molecule has 1 N–H and O–H groups in total. The molecule has 0 aliphatic carbocycles. The Morgan fingerprint density at radius 2 is 2.28 bits per heavy atom. The van der Waals surface area contributed by atoms with Crippen LogP contribution in [0, 0.1) is 6.92 Å². The number of carbonyl (C=O) groups is 1. The summed E-state index contributed by atoms with van der Waals surface area (Å²) in [7, 11) is 0. The summed E-state index contributed by atoms with van der Waals surface area (Å²) < 4.78 is 2.24. The molecular formula is C19H23N5O. The van der Waals surface area contributed by atoms with E-state index in [1.54, 1.807) is 6.20 Å². The monoisotopic (exact) mass is 337 g/mol. The molecule has 6 nitrogen and oxygen atoms in total. The summed E-state index contributed by atoms with van der Waals surface area (Å²) in [6.45, 7) is 5.66. The van der Waals surface area contributed by atoms with Gasteiger partial charge < -0.3 is 9.47 Å². The second-order valence-corrected chi connectivity index (χ2v) is 6.80. The molecule has 1 aromatic carbocycles. The number of aryl methyl sites for hydroxylation is 2. The summed E-state index contributed by atoms with van der Waals surface area (Å²) >= 11 is 0. The molecule has 3 aromatic rings. The molecule has 0 bridgehead atoms. The summed E-state index contributed by atoms with van der Waals surface area (Å²) in [5, 5.41) is 8.07. The van der Waals surface area contributed by atoms with Gasteiger partial charge in [0, 0.05) is 37.3 Å². The van der Waals surface area contributed by atoms with Crippen LogP contribution in [0.2, 0.25) is 0 Å². The standard InChI is InChI=1S/C19H23N5O/c1-3-17-20-6-8-24(17)15-5-4-7-23(12-15)19(25)16-10-13(2)9-14-11-21-22-18(14)16/h6,8-11,15H,3-5,7,12H2,1-2H3,(H,21,22). The van der Waals surface area contributed by atoms with Crippen molar-refractivity contribution in [2.75, 3.05) is 13.1 Å². The maximum absolute atomic E-state index is 13.2. The molecule has 1 aliphatic rings. The van der Waals surface area contributed by atoms with E-state index in [9.17, 15) is 4.79 Å². The van der Waals surface area contributed by atoms with Gasteiger partial charge in [0.15, 0.2) is 0 Å². The molecule has 0 radical (unpaired) electrons. The van der Waals surface area contributed by atoms with Gasteiger partial charge in [-0.3, -0.25) is 9.89 Å². The fourth-order valence-electron chi connectivity index (χ4n) is 3.86. The molecule has 0 saturated carbocycles. The Morgan fingerprint density at radius 3 is 3.12 bits per heavy atom. The molecule has 25 heavy (non-hydrogen) atoms. The molecular weight excluding hydrogens is 314 g/mol. The minimum Gasteiger partial charge on any atom is -0.337 e. The fraction of sp³-hybridized carbons (Fsp3) is 0.421. The van der Waals surface area contributed by atoms with Gasteiger partial charge in [0.2, 0.25) is 0 Å². The smallest absolute Gasteiger partial charge is 0.256 e. The van der Waals surface area contributed by atoms with Crippen LogP contribution >= 0.6 is 0 Å². The van der Waals surface area contributed by atoms with E-state index in [0.717, 1.165) is 60.2 Å². The summed E-state index contributed by atoms with van der Waals surface area (Å²) in [4.78, 5) is 19.6. The Morgan fingerprint density at radius 1 is 1.40 bits per heavy atom. The highest BCUT2D eigenvalue weighted by atomic mass is 16.2. The van der Waals surface area contributed by atoms with E-state index in [4.69, 9.17) is 0 Å². The second-order valence-electron chi connectivity index (χ2n) is 6.80. The topological polar surface area (TPSA) is 66.8 Å². The van der Waals surface area contributed by atoms with Crippen LogP contribution in [0.4, 0.5) is 0 Å². The van der Waals surface area contributed by atoms with E-state index < -0.39 is 0 Å². The van der Waals surface area contributed by atoms with E-state index in [2.05, 4.69) is 26.7 Å². The minimum atomic E-state index is 0.0841. The highest BCUT2D eigenvalue weighted by molar-refractivity contribution is 6.05. The third kappa shape index (κ3) is 2.81. The predicted octanol–water partition coefficient (Wildman–Crippen LogP) is 3.11. The van der Waals surface area contributed by atoms with Gasteiger partial charge in [0.1, 0.15) is 5.82 Å². The van der Waals surface area contributed by atoms with Crippen LogP contribution in [0.15, 0.2) is 30.7 Å². The third-order valence-corrected chi connectivity index (χ3v) is 5.07. The van der Waals surface area contributed by atoms with Crippen molar-refractivity contribution in [3.05, 3.63) is 47.7 Å². The van der Waals surface area contributed by atoms with E-state index in [0.29, 0.717) is 6.04 Å². The summed E-state index contributed by atoms with van der Waals surface area (Å²) in [6.07, 6.45) is 8.67. The van der Waals surface area contributed by atoms with Crippen LogP contribution in [0.25, 0.3) is 10.9 Å². The minimum absolute atomic E-state index is 0.0841. The number of H-pyrrole nitrogens is 1. The lowest BCUT2D eigenvalue weighted by molar-refractivity contribution is 0.0679. The van der Waals surface area contributed by atoms with Crippen molar-refractivity contribution in [3.8, 4) is 0 Å². The number of aromatic nitrogens is 4. The average molecular weight is 337 g/mol. The van der Waals surface area contributed by atoms with Gasteiger partial charge in [-0.15, -0.1) is 0 Å². The number of nitrogens with one attached hydrogen (secondary N) is 1. The van der Waals surface area contributed by atoms with E-state index in [1.807, 2.05) is 36.4 Å². The van der Waals surface area contributed by atoms with Gasteiger partial charge in [-0.1, -0.05) is 6.92 Å². The second kappa shape index (κ2) is 6.35. The van der Waals surface area contributed by atoms with Gasteiger partial charge in [0.05, 0.1) is 23.3 Å². The lowest BCUT2D eigenvalue weighted by Crippen LogP contribution is -2.41. The molecule has 2 aromatic heterocycles. The molecule has 3 heterocycles. The third-order valence-electron chi connectivity index (χ3n) is 5.07. The number of fused-ring (bicyclic) bond motifs is 1. The number of likely N-dealkylation sites (tertiary alicyclic amines) is 1. The van der Waals surface area contributed by atoms with Crippen molar-refractivity contribution in [1.82, 2.24) is 24.6 Å². The molecule has 1 aliphatic heterocycles. The molecule has 0 spiro atoms. The molecule has 1 atom stereocenters. The van der Waals surface area contributed by atoms with Crippen molar-refractivity contribution in [3.63, 3.8) is 0 Å². The number of rotatable bonds is 3. The van der Waals surface area contributed by atoms with E-state index in [1.165, 1.54) is 0 Å². The van der Waals surface area contributed by atoms with Crippen LogP contribution in [0.3, 0.4) is 0 Å². The lowest BCUT2D eigenvalue weighted by Gasteiger charge is -2.34. The van der Waals surface area contributed by atoms with Crippen molar-refractivity contribution >= 4 is 16.8 Å². The normalized spacial score (nSPS) is 18.0. The fourth-order valence-corrected chi connectivity index (χ4v) is 3.86. The first kappa shape index (κ1) is 15.9. The van der Waals surface area contributed by atoms with Crippen LogP contribution in [0.5, 0.6) is 0 Å². The Labute approximate surface area is 146 Å². The number of imidazole rings is 1. The largest absolute Gasteiger partial charge is 0.337 e. The zero-order chi connectivity index (χ0) is 17.4. The van der Waals surface area contributed by atoms with Crippen LogP contribution in [0.1, 0.15) is 47.6 Å². The van der Waals surface area contributed by atoms with Crippen LogP contribution in [-0.2, 0) is 6.42 Å². The molecule has 4 rings (SSSR count). The van der Waals surface area contributed by atoms with Crippen LogP contribution < -0.4 is 0 Å². The first-order chi connectivity index (χ1) is 12.2. The van der Waals surface area contributed by atoms with Crippen molar-refractivity contribution < 1.29 is 4.79 Å². The Kier molecular flexibility index (Phi) is 4.03. The first-order valence-electron chi connectivity index (χ1n) is 8.92. The Balaban J connectivity index is 1.62. The summed E-state index contributed by atoms with van der Waals surface area (Å²) in [6, 6.07) is 4.31. The number of benzene rings is 1. The molecule has 1 fully saturated rings. The summed E-state index contributed by atoms with van der Waals surface area (Å²) in [5.74, 6) is 1.17. The first-order valence-corrected chi connectivity index (χ1v) is 8.92. The number of piperidine rings is 1. The van der Waals surface area contributed by atoms with Gasteiger partial charge in [-0.2, -0.15) is 5.10 Å². The number of amides is 1. The number of hydrogen-bond donors (Lipinski definition) is 1. The summed E-state index contributed by atoms with van der Waals surface area (Å²) in [5.41, 5.74) is 2.62. The van der Waals surface area contributed by atoms with E-state index in [-0.39, 0.29) is 5.91 Å². The number of aromatic amines is 1. The predicted molar refractivity (Wildman–Crippen MR) is 96.6 cm³/mol. The zero-order valence-electron chi connectivity index (χ0n) is 14.7. The Bertz CT molecular complexity index is 910. The maximum Gasteiger partial charge on any atom is 0.256 e.